The highest BCUT2D eigenvalue weighted by atomic mass is 35.5. The average Bonchev–Trinajstić information content (AvgIpc) is 2.67. The largest absolute Gasteiger partial charge is 0.370 e. The molecule has 0 unspecified atom stereocenters. The minimum absolute atomic E-state index is 0.0345. The molecule has 0 aliphatic carbocycles. The predicted molar refractivity (Wildman–Crippen MR) is 110 cm³/mol. The summed E-state index contributed by atoms with van der Waals surface area (Å²) >= 11 is 7.73. The number of benzene rings is 2. The van der Waals surface area contributed by atoms with Crippen LogP contribution < -0.4 is 10.2 Å². The van der Waals surface area contributed by atoms with E-state index >= 15 is 0 Å². The van der Waals surface area contributed by atoms with Gasteiger partial charge in [0.05, 0.1) is 21.4 Å². The normalized spacial score (nSPS) is 14.0. The number of halogens is 1. The molecule has 0 saturated carbocycles. The zero-order chi connectivity index (χ0) is 19.2. The fourth-order valence-corrected chi connectivity index (χ4v) is 3.98. The van der Waals surface area contributed by atoms with Gasteiger partial charge in [0.1, 0.15) is 0 Å². The maximum absolute atomic E-state index is 12.2. The molecule has 0 radical (unpaired) electrons. The standard InChI is InChI=1S/C19H20ClN3O3S/c20-17-12-14(4-9-18(17)22-10-2-1-3-11-22)21-19(24)13-27-16-7-5-15(6-8-16)23(25)26/h4-9,12H,1-3,10-11,13H2,(H,21,24). The Morgan fingerprint density at radius 2 is 1.85 bits per heavy atom. The molecule has 0 atom stereocenters. The van der Waals surface area contributed by atoms with E-state index in [-0.39, 0.29) is 17.3 Å². The molecule has 0 spiro atoms. The first kappa shape index (κ1) is 19.5. The van der Waals surface area contributed by atoms with Gasteiger partial charge in [0.15, 0.2) is 0 Å². The highest BCUT2D eigenvalue weighted by Gasteiger charge is 2.14. The summed E-state index contributed by atoms with van der Waals surface area (Å²) in [6.45, 7) is 2.02. The maximum atomic E-state index is 12.2. The summed E-state index contributed by atoms with van der Waals surface area (Å²) in [4.78, 5) is 25.5. The second-order valence-electron chi connectivity index (χ2n) is 6.30. The topological polar surface area (TPSA) is 75.5 Å². The van der Waals surface area contributed by atoms with Crippen LogP contribution in [0, 0.1) is 10.1 Å². The van der Waals surface area contributed by atoms with E-state index in [1.54, 1.807) is 18.2 Å². The number of nitro groups is 1. The number of nitro benzene ring substituents is 1. The van der Waals surface area contributed by atoms with Crippen LogP contribution in [0.5, 0.6) is 0 Å². The van der Waals surface area contributed by atoms with E-state index in [0.717, 1.165) is 23.7 Å². The van der Waals surface area contributed by atoms with Crippen LogP contribution in [0.2, 0.25) is 5.02 Å². The number of non-ortho nitro benzene ring substituents is 1. The Bertz CT molecular complexity index is 823. The van der Waals surface area contributed by atoms with E-state index in [1.807, 2.05) is 12.1 Å². The van der Waals surface area contributed by atoms with Gasteiger partial charge in [-0.05, 0) is 49.6 Å². The second-order valence-corrected chi connectivity index (χ2v) is 7.76. The summed E-state index contributed by atoms with van der Waals surface area (Å²) < 4.78 is 0. The Kier molecular flexibility index (Phi) is 6.58. The number of carbonyl (C=O) groups is 1. The van der Waals surface area contributed by atoms with Crippen LogP contribution in [0.15, 0.2) is 47.4 Å². The van der Waals surface area contributed by atoms with Crippen LogP contribution in [-0.4, -0.2) is 29.7 Å². The summed E-state index contributed by atoms with van der Waals surface area (Å²) in [7, 11) is 0. The predicted octanol–water partition coefficient (Wildman–Crippen LogP) is 4.97. The molecule has 142 valence electrons. The first-order valence-corrected chi connectivity index (χ1v) is 10.1. The van der Waals surface area contributed by atoms with Gasteiger partial charge in [-0.15, -0.1) is 11.8 Å². The Morgan fingerprint density at radius 3 is 2.48 bits per heavy atom. The molecule has 6 nitrogen and oxygen atoms in total. The molecule has 1 amide bonds. The molecule has 3 rings (SSSR count). The SMILES string of the molecule is O=C(CSc1ccc([N+](=O)[O-])cc1)Nc1ccc(N2CCCCC2)c(Cl)c1. The Balaban J connectivity index is 1.54. The lowest BCUT2D eigenvalue weighted by molar-refractivity contribution is -0.384. The van der Waals surface area contributed by atoms with Crippen molar-refractivity contribution >= 4 is 46.3 Å². The van der Waals surface area contributed by atoms with Crippen molar-refractivity contribution in [3.63, 3.8) is 0 Å². The van der Waals surface area contributed by atoms with E-state index in [2.05, 4.69) is 10.2 Å². The van der Waals surface area contributed by atoms with Gasteiger partial charge >= 0.3 is 0 Å². The molecule has 2 aromatic rings. The first-order chi connectivity index (χ1) is 13.0. The van der Waals surface area contributed by atoms with E-state index in [1.165, 1.54) is 43.2 Å². The molecule has 1 aliphatic rings. The number of carbonyl (C=O) groups excluding carboxylic acids is 1. The Morgan fingerprint density at radius 1 is 1.15 bits per heavy atom. The van der Waals surface area contributed by atoms with Gasteiger partial charge in [0, 0.05) is 35.8 Å². The van der Waals surface area contributed by atoms with Gasteiger partial charge in [0.2, 0.25) is 5.91 Å². The smallest absolute Gasteiger partial charge is 0.269 e. The van der Waals surface area contributed by atoms with Crippen LogP contribution in [0.3, 0.4) is 0 Å². The van der Waals surface area contributed by atoms with Crippen LogP contribution in [0.25, 0.3) is 0 Å². The molecule has 2 aromatic carbocycles. The molecule has 1 N–H and O–H groups in total. The molecule has 0 bridgehead atoms. The lowest BCUT2D eigenvalue weighted by atomic mass is 10.1. The van der Waals surface area contributed by atoms with Crippen LogP contribution in [-0.2, 0) is 4.79 Å². The number of nitrogens with zero attached hydrogens (tertiary/aromatic N) is 2. The monoisotopic (exact) mass is 405 g/mol. The highest BCUT2D eigenvalue weighted by Crippen LogP contribution is 2.31. The quantitative estimate of drug-likeness (QED) is 0.417. The lowest BCUT2D eigenvalue weighted by Gasteiger charge is -2.29. The van der Waals surface area contributed by atoms with Crippen molar-refractivity contribution in [1.82, 2.24) is 0 Å². The summed E-state index contributed by atoms with van der Waals surface area (Å²) in [6.07, 6.45) is 3.61. The van der Waals surface area contributed by atoms with Crippen molar-refractivity contribution in [2.45, 2.75) is 24.2 Å². The van der Waals surface area contributed by atoms with Crippen molar-refractivity contribution in [2.24, 2.45) is 0 Å². The number of nitrogens with one attached hydrogen (secondary N) is 1. The van der Waals surface area contributed by atoms with Gasteiger partial charge in [-0.2, -0.15) is 0 Å². The molecular weight excluding hydrogens is 386 g/mol. The summed E-state index contributed by atoms with van der Waals surface area (Å²) in [5.74, 6) is 0.0590. The minimum Gasteiger partial charge on any atom is -0.370 e. The third kappa shape index (κ3) is 5.37. The Labute approximate surface area is 167 Å². The van der Waals surface area contributed by atoms with Gasteiger partial charge in [0.25, 0.3) is 5.69 Å². The first-order valence-electron chi connectivity index (χ1n) is 8.74. The van der Waals surface area contributed by atoms with Crippen molar-refractivity contribution in [2.75, 3.05) is 29.1 Å². The van der Waals surface area contributed by atoms with Crippen LogP contribution >= 0.6 is 23.4 Å². The van der Waals surface area contributed by atoms with E-state index in [9.17, 15) is 14.9 Å². The van der Waals surface area contributed by atoms with Crippen molar-refractivity contribution in [1.29, 1.82) is 0 Å². The van der Waals surface area contributed by atoms with Gasteiger partial charge in [-0.1, -0.05) is 11.6 Å². The van der Waals surface area contributed by atoms with Crippen LogP contribution in [0.4, 0.5) is 17.1 Å². The van der Waals surface area contributed by atoms with E-state index < -0.39 is 4.92 Å². The molecule has 1 saturated heterocycles. The van der Waals surface area contributed by atoms with Crippen molar-refractivity contribution in [3.05, 3.63) is 57.6 Å². The average molecular weight is 406 g/mol. The van der Waals surface area contributed by atoms with Crippen molar-refractivity contribution in [3.8, 4) is 0 Å². The van der Waals surface area contributed by atoms with Gasteiger partial charge in [-0.25, -0.2) is 0 Å². The van der Waals surface area contributed by atoms with Gasteiger partial charge in [-0.3, -0.25) is 14.9 Å². The zero-order valence-electron chi connectivity index (χ0n) is 14.7. The zero-order valence-corrected chi connectivity index (χ0v) is 16.3. The number of piperidine rings is 1. The molecule has 1 fully saturated rings. The number of rotatable bonds is 6. The molecule has 27 heavy (non-hydrogen) atoms. The highest BCUT2D eigenvalue weighted by molar-refractivity contribution is 8.00. The molecular formula is C19H20ClN3O3S. The minimum atomic E-state index is -0.446. The van der Waals surface area contributed by atoms with Crippen LogP contribution in [0.1, 0.15) is 19.3 Å². The van der Waals surface area contributed by atoms with E-state index in [4.69, 9.17) is 11.6 Å². The summed E-state index contributed by atoms with van der Waals surface area (Å²) in [5, 5.41) is 14.1. The molecule has 1 aliphatic heterocycles. The maximum Gasteiger partial charge on any atom is 0.269 e. The molecule has 0 aromatic heterocycles. The number of amides is 1. The van der Waals surface area contributed by atoms with Gasteiger partial charge < -0.3 is 10.2 Å². The third-order valence-corrected chi connectivity index (χ3v) is 5.66. The number of hydrogen-bond acceptors (Lipinski definition) is 5. The number of anilines is 2. The molecule has 1 heterocycles. The summed E-state index contributed by atoms with van der Waals surface area (Å²) in [6, 6.07) is 11.7. The fourth-order valence-electron chi connectivity index (χ4n) is 2.99. The second kappa shape index (κ2) is 9.10. The third-order valence-electron chi connectivity index (χ3n) is 4.35. The Hall–Kier alpha value is -2.25. The van der Waals surface area contributed by atoms with E-state index in [0.29, 0.717) is 10.7 Å². The van der Waals surface area contributed by atoms with Crippen molar-refractivity contribution < 1.29 is 9.72 Å². The summed E-state index contributed by atoms with van der Waals surface area (Å²) in [5.41, 5.74) is 1.71. The fraction of sp³-hybridized carbons (Fsp3) is 0.316. The number of thioether (sulfide) groups is 1. The number of hydrogen-bond donors (Lipinski definition) is 1. The lowest BCUT2D eigenvalue weighted by Crippen LogP contribution is -2.29. The molecule has 8 heteroatoms.